The molecule has 0 bridgehead atoms. The molecule has 108 heavy (non-hydrogen) atoms. The number of pyridine rings is 2. The van der Waals surface area contributed by atoms with Gasteiger partial charge in [0, 0.05) is 107 Å². The first kappa shape index (κ1) is 63.8. The molecule has 0 amide bonds. The lowest BCUT2D eigenvalue weighted by Crippen LogP contribution is -2.00. The fourth-order valence-electron chi connectivity index (χ4n) is 15.1. The summed E-state index contributed by atoms with van der Waals surface area (Å²) in [6, 6.07) is 127. The predicted octanol–water partition coefficient (Wildman–Crippen LogP) is 26.2. The normalized spacial score (nSPS) is 11.5. The van der Waals surface area contributed by atoms with Crippen LogP contribution in [-0.4, -0.2) is 39.9 Å². The minimum absolute atomic E-state index is 0.619. The number of hydrogen-bond acceptors (Lipinski definition) is 10. The number of benzene rings is 15. The zero-order chi connectivity index (χ0) is 71.4. The van der Waals surface area contributed by atoms with Gasteiger partial charge >= 0.3 is 0 Å². The Morgan fingerprint density at radius 1 is 0.176 bits per heavy atom. The third-order valence-electron chi connectivity index (χ3n) is 20.3. The summed E-state index contributed by atoms with van der Waals surface area (Å²) in [5, 5.41) is 12.0. The van der Waals surface area contributed by atoms with Gasteiger partial charge in [-0.05, 0) is 62.0 Å². The SMILES string of the molecule is c1ccc(-c2ccc(-c3nc(-c4ccccc4)nc(-c4ccc(-c5nc6c(-c7cccc8ccccc78)cccc6c6sc7ccccc7c56)cc4)n3)cc2)cc1.c1ccc(-c2nc(-c3ccccc3)nc(-c3cccc(-c4nc5c(-c6cccc7ccccc67)cccc5c5sc6ccccc6c45)c3)n2)cc1. The summed E-state index contributed by atoms with van der Waals surface area (Å²) < 4.78 is 4.97. The Morgan fingerprint density at radius 2 is 0.454 bits per heavy atom. The van der Waals surface area contributed by atoms with Gasteiger partial charge in [-0.1, -0.05) is 346 Å². The molecule has 0 N–H and O–H groups in total. The molecule has 0 radical (unpaired) electrons. The van der Waals surface area contributed by atoms with Crippen molar-refractivity contribution in [2.45, 2.75) is 0 Å². The molecule has 0 fully saturated rings. The third-order valence-corrected chi connectivity index (χ3v) is 22.7. The number of fused-ring (bicyclic) bond motifs is 12. The van der Waals surface area contributed by atoms with Gasteiger partial charge in [0.05, 0.1) is 22.4 Å². The topological polar surface area (TPSA) is 103 Å². The van der Waals surface area contributed by atoms with Gasteiger partial charge in [-0.2, -0.15) is 0 Å². The summed E-state index contributed by atoms with van der Waals surface area (Å²) in [5.41, 5.74) is 18.5. The highest BCUT2D eigenvalue weighted by Crippen LogP contribution is 2.48. The van der Waals surface area contributed by atoms with Gasteiger partial charge in [0.25, 0.3) is 0 Å². The van der Waals surface area contributed by atoms with E-state index in [-0.39, 0.29) is 0 Å². The number of aromatic nitrogens is 8. The quantitative estimate of drug-likeness (QED) is 0.126. The van der Waals surface area contributed by atoms with Crippen molar-refractivity contribution in [3.8, 4) is 124 Å². The van der Waals surface area contributed by atoms with E-state index < -0.39 is 0 Å². The van der Waals surface area contributed by atoms with Gasteiger partial charge in [-0.15, -0.1) is 22.7 Å². The van der Waals surface area contributed by atoms with Crippen LogP contribution in [0.5, 0.6) is 0 Å². The van der Waals surface area contributed by atoms with Crippen LogP contribution in [0.4, 0.5) is 0 Å². The van der Waals surface area contributed by atoms with Crippen LogP contribution in [0.3, 0.4) is 0 Å². The van der Waals surface area contributed by atoms with Crippen LogP contribution in [0.2, 0.25) is 0 Å². The van der Waals surface area contributed by atoms with Crippen molar-refractivity contribution in [2.75, 3.05) is 0 Å². The van der Waals surface area contributed by atoms with Crippen LogP contribution < -0.4 is 0 Å². The third kappa shape index (κ3) is 11.7. The summed E-state index contributed by atoms with van der Waals surface area (Å²) >= 11 is 3.67. The lowest BCUT2D eigenvalue weighted by molar-refractivity contribution is 1.07. The standard InChI is InChI=1S/C52H32N4S.C46H28N4S/c1-3-13-33(14-4-1)34-25-29-38(30-26-34)51-54-50(37-16-5-2-6-17-37)55-52(56-51)39-31-27-36(28-32-39)47-46-43-20-9-10-24-45(43)57-49(46)44-23-12-22-42(48(44)53-47)41-21-11-18-35-15-7-8-19-40(35)41;1-3-15-30(16-4-1)44-48-45(31-17-5-2-6-18-31)50-46(49-44)33-21-11-20-32(28-33)41-40-37-23-9-10-27-39(37)51-43(40)38-26-13-25-36(42(38)47-41)35-24-12-19-29-14-7-8-22-34(29)35/h1-32H;1-28H. The first-order valence-electron chi connectivity index (χ1n) is 36.0. The molecule has 0 aliphatic rings. The van der Waals surface area contributed by atoms with E-state index in [9.17, 15) is 0 Å². The van der Waals surface area contributed by atoms with Crippen molar-refractivity contribution >= 4 is 106 Å². The number of hydrogen-bond donors (Lipinski definition) is 0. The second-order valence-electron chi connectivity index (χ2n) is 26.8. The molecule has 504 valence electrons. The van der Waals surface area contributed by atoms with Gasteiger partial charge in [0.1, 0.15) is 0 Å². The minimum atomic E-state index is 0.619. The average molecular weight is 1410 g/mol. The Kier molecular flexibility index (Phi) is 16.1. The van der Waals surface area contributed by atoms with Crippen molar-refractivity contribution in [2.24, 2.45) is 0 Å². The second-order valence-corrected chi connectivity index (χ2v) is 28.9. The van der Waals surface area contributed by atoms with Crippen molar-refractivity contribution in [1.82, 2.24) is 39.9 Å². The van der Waals surface area contributed by atoms with Crippen molar-refractivity contribution in [3.63, 3.8) is 0 Å². The zero-order valence-electron chi connectivity index (χ0n) is 58.0. The summed E-state index contributed by atoms with van der Waals surface area (Å²) in [6.07, 6.45) is 0. The average Bonchev–Trinajstić information content (AvgIpc) is 1.52. The van der Waals surface area contributed by atoms with E-state index in [1.165, 1.54) is 84.0 Å². The highest BCUT2D eigenvalue weighted by Gasteiger charge is 2.24. The Labute approximate surface area is 630 Å². The maximum atomic E-state index is 5.60. The Morgan fingerprint density at radius 3 is 0.898 bits per heavy atom. The molecular weight excluding hydrogens is 1350 g/mol. The molecule has 21 aromatic rings. The molecule has 6 aromatic heterocycles. The molecule has 0 aliphatic heterocycles. The fourth-order valence-corrected chi connectivity index (χ4v) is 17.5. The molecule has 0 spiro atoms. The van der Waals surface area contributed by atoms with Crippen molar-refractivity contribution in [3.05, 3.63) is 364 Å². The van der Waals surface area contributed by atoms with Gasteiger partial charge in [0.2, 0.25) is 0 Å². The summed E-state index contributed by atoms with van der Waals surface area (Å²) in [7, 11) is 0. The fraction of sp³-hybridized carbons (Fsp3) is 0. The lowest BCUT2D eigenvalue weighted by atomic mass is 9.94. The van der Waals surface area contributed by atoms with E-state index in [1.807, 2.05) is 120 Å². The van der Waals surface area contributed by atoms with Gasteiger partial charge in [0.15, 0.2) is 34.9 Å². The predicted molar refractivity (Wildman–Crippen MR) is 451 cm³/mol. The van der Waals surface area contributed by atoms with E-state index in [4.69, 9.17) is 39.9 Å². The minimum Gasteiger partial charge on any atom is -0.246 e. The van der Waals surface area contributed by atoms with Crippen molar-refractivity contribution in [1.29, 1.82) is 0 Å². The van der Waals surface area contributed by atoms with Crippen molar-refractivity contribution < 1.29 is 0 Å². The smallest absolute Gasteiger partial charge is 0.164 e. The van der Waals surface area contributed by atoms with E-state index in [0.717, 1.165) is 89.0 Å². The van der Waals surface area contributed by atoms with Crippen LogP contribution in [-0.2, 0) is 0 Å². The summed E-state index contributed by atoms with van der Waals surface area (Å²) in [4.78, 5) is 41.2. The molecule has 0 aliphatic carbocycles. The number of rotatable bonds is 11. The molecule has 0 saturated heterocycles. The Hall–Kier alpha value is -13.9. The molecule has 8 nitrogen and oxygen atoms in total. The molecule has 10 heteroatoms. The first-order valence-corrected chi connectivity index (χ1v) is 37.7. The van der Waals surface area contributed by atoms with Crippen LogP contribution in [0.1, 0.15) is 0 Å². The Bertz CT molecular complexity index is 6960. The van der Waals surface area contributed by atoms with Crippen LogP contribution in [0, 0.1) is 0 Å². The number of nitrogens with zero attached hydrogens (tertiary/aromatic N) is 8. The Balaban J connectivity index is 0.000000143. The second kappa shape index (κ2) is 27.3. The van der Waals surface area contributed by atoms with Crippen LogP contribution in [0.15, 0.2) is 364 Å². The van der Waals surface area contributed by atoms with E-state index in [2.05, 4.69) is 267 Å². The van der Waals surface area contributed by atoms with Crippen LogP contribution >= 0.6 is 22.7 Å². The maximum absolute atomic E-state index is 5.60. The summed E-state index contributed by atoms with van der Waals surface area (Å²) in [5.74, 6) is 3.78. The van der Waals surface area contributed by atoms with Gasteiger partial charge < -0.3 is 0 Å². The molecule has 0 saturated carbocycles. The largest absolute Gasteiger partial charge is 0.246 e. The maximum Gasteiger partial charge on any atom is 0.164 e. The lowest BCUT2D eigenvalue weighted by Gasteiger charge is -2.14. The van der Waals surface area contributed by atoms with E-state index >= 15 is 0 Å². The monoisotopic (exact) mass is 1410 g/mol. The molecule has 6 heterocycles. The molecule has 0 atom stereocenters. The van der Waals surface area contributed by atoms with Crippen LogP contribution in [0.25, 0.3) is 208 Å². The highest BCUT2D eigenvalue weighted by atomic mass is 32.1. The zero-order valence-corrected chi connectivity index (χ0v) is 59.7. The molecule has 15 aromatic carbocycles. The van der Waals surface area contributed by atoms with Gasteiger partial charge in [-0.25, -0.2) is 39.9 Å². The number of thiophene rings is 2. The van der Waals surface area contributed by atoms with Gasteiger partial charge in [-0.3, -0.25) is 0 Å². The molecular formula is C98H60N8S2. The molecule has 0 unspecified atom stereocenters. The first-order chi connectivity index (χ1) is 53.5. The van der Waals surface area contributed by atoms with E-state index in [1.54, 1.807) is 0 Å². The molecule has 21 rings (SSSR count). The highest BCUT2D eigenvalue weighted by molar-refractivity contribution is 7.27. The number of para-hydroxylation sites is 2. The van der Waals surface area contributed by atoms with E-state index in [0.29, 0.717) is 34.9 Å². The summed E-state index contributed by atoms with van der Waals surface area (Å²) in [6.45, 7) is 0.